The van der Waals surface area contributed by atoms with Crippen molar-refractivity contribution in [2.45, 2.75) is 18.3 Å². The fraction of sp³-hybridized carbons (Fsp3) is 0.833. The summed E-state index contributed by atoms with van der Waals surface area (Å²) in [5, 5.41) is 43.1. The molecular formula is C6H15O10P. The Hall–Kier alpha value is -0.420. The van der Waals surface area contributed by atoms with E-state index in [0.29, 0.717) is 0 Å². The summed E-state index contributed by atoms with van der Waals surface area (Å²) in [6.07, 6.45) is -5.22. The van der Waals surface area contributed by atoms with Crippen molar-refractivity contribution in [1.29, 1.82) is 0 Å². The summed E-state index contributed by atoms with van der Waals surface area (Å²) in [7, 11) is -4.64. The van der Waals surface area contributed by atoms with E-state index in [1.54, 1.807) is 0 Å². The van der Waals surface area contributed by atoms with Crippen LogP contribution >= 0.6 is 7.82 Å². The first-order valence-electron chi connectivity index (χ1n) is 4.11. The molecule has 0 spiro atoms. The minimum absolute atomic E-state index is 0.767. The fourth-order valence-electron chi connectivity index (χ4n) is 0.602. The van der Waals surface area contributed by atoms with Gasteiger partial charge in [0, 0.05) is 0 Å². The van der Waals surface area contributed by atoms with Gasteiger partial charge in [0.25, 0.3) is 0 Å². The van der Waals surface area contributed by atoms with Gasteiger partial charge in [-0.1, -0.05) is 0 Å². The van der Waals surface area contributed by atoms with Gasteiger partial charge in [0.15, 0.2) is 5.78 Å². The molecule has 0 aromatic heterocycles. The van der Waals surface area contributed by atoms with E-state index >= 15 is 0 Å². The molecule has 0 saturated carbocycles. The van der Waals surface area contributed by atoms with Gasteiger partial charge in [0.2, 0.25) is 0 Å². The Labute approximate surface area is 95.6 Å². The predicted octanol–water partition coefficient (Wildman–Crippen LogP) is -4.31. The Kier molecular flexibility index (Phi) is 9.62. The topological polar surface area (TPSA) is 196 Å². The van der Waals surface area contributed by atoms with Crippen LogP contribution < -0.4 is 0 Å². The van der Waals surface area contributed by atoms with E-state index < -0.39 is 45.1 Å². The van der Waals surface area contributed by atoms with Gasteiger partial charge in [0.05, 0.1) is 6.61 Å². The van der Waals surface area contributed by atoms with E-state index in [1.807, 2.05) is 0 Å². The van der Waals surface area contributed by atoms with Gasteiger partial charge >= 0.3 is 7.82 Å². The van der Waals surface area contributed by atoms with Gasteiger partial charge in [-0.2, -0.15) is 0 Å². The minimum Gasteiger partial charge on any atom is -0.394 e. The molecule has 0 heterocycles. The zero-order valence-corrected chi connectivity index (χ0v) is 9.38. The first kappa shape index (κ1) is 18.9. The lowest BCUT2D eigenvalue weighted by Gasteiger charge is -2.19. The maximum Gasteiger partial charge on any atom is 0.466 e. The van der Waals surface area contributed by atoms with E-state index in [-0.39, 0.29) is 0 Å². The predicted molar refractivity (Wildman–Crippen MR) is 51.5 cm³/mol. The molecule has 0 aliphatic heterocycles. The Morgan fingerprint density at radius 2 is 1.41 bits per heavy atom. The molecule has 0 saturated heterocycles. The van der Waals surface area contributed by atoms with E-state index in [0.717, 1.165) is 0 Å². The zero-order valence-electron chi connectivity index (χ0n) is 8.49. The minimum atomic E-state index is -4.64. The van der Waals surface area contributed by atoms with E-state index in [9.17, 15) is 4.79 Å². The quantitative estimate of drug-likeness (QED) is 0.228. The molecule has 0 unspecified atom stereocenters. The van der Waals surface area contributed by atoms with Gasteiger partial charge in [-0.25, -0.2) is 4.57 Å². The number of phosphoric acid groups is 1. The molecule has 0 rings (SSSR count). The maximum atomic E-state index is 10.5. The highest BCUT2D eigenvalue weighted by molar-refractivity contribution is 7.45. The molecule has 0 amide bonds. The number of hydrogen-bond acceptors (Lipinski definition) is 7. The summed E-state index contributed by atoms with van der Waals surface area (Å²) < 4.78 is 8.88. The van der Waals surface area contributed by atoms with Crippen LogP contribution in [-0.4, -0.2) is 77.5 Å². The first-order valence-corrected chi connectivity index (χ1v) is 5.68. The standard InChI is InChI=1S/C6H12O6.H3O4P/c7-1-3(9)5(11)6(12)4(10)2-8;1-5(2,3)4/h3,5-9,11-12H,1-2H2;(H3,1,2,3,4)/t3-,5+,6+;/m1./s1. The number of Topliss-reactive ketones (excluding diaryl/α,β-unsaturated/α-hetero) is 1. The number of hydrogen-bond donors (Lipinski definition) is 8. The van der Waals surface area contributed by atoms with E-state index in [2.05, 4.69) is 0 Å². The number of aliphatic hydroxyl groups excluding tert-OH is 5. The van der Waals surface area contributed by atoms with Crippen molar-refractivity contribution in [3.05, 3.63) is 0 Å². The summed E-state index contributed by atoms with van der Waals surface area (Å²) in [6.45, 7) is -1.69. The second kappa shape index (κ2) is 8.64. The summed E-state index contributed by atoms with van der Waals surface area (Å²) >= 11 is 0. The van der Waals surface area contributed by atoms with E-state index in [4.69, 9.17) is 44.8 Å². The number of aliphatic hydroxyl groups is 5. The summed E-state index contributed by atoms with van der Waals surface area (Å²) in [5.74, 6) is -1.00. The third-order valence-corrected chi connectivity index (χ3v) is 1.39. The van der Waals surface area contributed by atoms with Crippen LogP contribution in [0.4, 0.5) is 0 Å². The third kappa shape index (κ3) is 11.8. The molecule has 0 aromatic rings. The van der Waals surface area contributed by atoms with Crippen molar-refractivity contribution < 1.29 is 49.6 Å². The molecule has 0 bridgehead atoms. The van der Waals surface area contributed by atoms with Crippen LogP contribution in [0.1, 0.15) is 0 Å². The lowest BCUT2D eigenvalue weighted by Crippen LogP contribution is -2.44. The number of carbonyl (C=O) groups excluding carboxylic acids is 1. The average molecular weight is 278 g/mol. The molecule has 10 nitrogen and oxygen atoms in total. The summed E-state index contributed by atoms with van der Waals surface area (Å²) in [5.41, 5.74) is 0. The van der Waals surface area contributed by atoms with Crippen LogP contribution in [0.2, 0.25) is 0 Å². The Morgan fingerprint density at radius 3 is 1.65 bits per heavy atom. The second-order valence-corrected chi connectivity index (χ2v) is 3.85. The number of rotatable bonds is 5. The molecule has 0 aromatic carbocycles. The number of carbonyl (C=O) groups is 1. The van der Waals surface area contributed by atoms with Gasteiger partial charge in [-0.15, -0.1) is 0 Å². The lowest BCUT2D eigenvalue weighted by molar-refractivity contribution is -0.142. The monoisotopic (exact) mass is 278 g/mol. The molecule has 0 aliphatic rings. The van der Waals surface area contributed by atoms with Crippen molar-refractivity contribution >= 4 is 13.6 Å². The molecule has 17 heavy (non-hydrogen) atoms. The van der Waals surface area contributed by atoms with Crippen molar-refractivity contribution in [2.24, 2.45) is 0 Å². The van der Waals surface area contributed by atoms with Crippen LogP contribution in [0.3, 0.4) is 0 Å². The highest BCUT2D eigenvalue weighted by Gasteiger charge is 2.28. The van der Waals surface area contributed by atoms with Crippen LogP contribution in [0, 0.1) is 0 Å². The molecule has 11 heteroatoms. The van der Waals surface area contributed by atoms with Crippen LogP contribution in [-0.2, 0) is 9.36 Å². The highest BCUT2D eigenvalue weighted by atomic mass is 31.2. The maximum absolute atomic E-state index is 10.5. The molecule has 104 valence electrons. The molecule has 8 N–H and O–H groups in total. The van der Waals surface area contributed by atoms with Crippen LogP contribution in [0.15, 0.2) is 0 Å². The largest absolute Gasteiger partial charge is 0.466 e. The molecule has 0 radical (unpaired) electrons. The molecular weight excluding hydrogens is 263 g/mol. The second-order valence-electron chi connectivity index (χ2n) is 2.82. The lowest BCUT2D eigenvalue weighted by atomic mass is 10.1. The van der Waals surface area contributed by atoms with Crippen molar-refractivity contribution in [2.75, 3.05) is 13.2 Å². The highest BCUT2D eigenvalue weighted by Crippen LogP contribution is 2.25. The smallest absolute Gasteiger partial charge is 0.394 e. The fourth-order valence-corrected chi connectivity index (χ4v) is 0.602. The Balaban J connectivity index is 0. The van der Waals surface area contributed by atoms with Crippen LogP contribution in [0.5, 0.6) is 0 Å². The van der Waals surface area contributed by atoms with E-state index in [1.165, 1.54) is 0 Å². The Bertz CT molecular complexity index is 253. The normalized spacial score (nSPS) is 16.5. The van der Waals surface area contributed by atoms with Crippen molar-refractivity contribution in [1.82, 2.24) is 0 Å². The van der Waals surface area contributed by atoms with Crippen LogP contribution in [0.25, 0.3) is 0 Å². The number of ketones is 1. The van der Waals surface area contributed by atoms with Crippen molar-refractivity contribution in [3.63, 3.8) is 0 Å². The van der Waals surface area contributed by atoms with Gasteiger partial charge in [-0.05, 0) is 0 Å². The molecule has 3 atom stereocenters. The first-order chi connectivity index (χ1) is 7.54. The SMILES string of the molecule is O=C(CO)[C@H](O)[C@@H](O)[C@H](O)CO.O=P(O)(O)O. The molecule has 0 aliphatic carbocycles. The zero-order chi connectivity index (χ0) is 14.2. The van der Waals surface area contributed by atoms with Gasteiger partial charge < -0.3 is 40.2 Å². The Morgan fingerprint density at radius 1 is 1.06 bits per heavy atom. The van der Waals surface area contributed by atoms with Gasteiger partial charge in [0.1, 0.15) is 24.9 Å². The average Bonchev–Trinajstić information content (AvgIpc) is 2.22. The summed E-state index contributed by atoms with van der Waals surface area (Å²) in [6, 6.07) is 0. The van der Waals surface area contributed by atoms with Crippen molar-refractivity contribution in [3.8, 4) is 0 Å². The summed E-state index contributed by atoms with van der Waals surface area (Å²) in [4.78, 5) is 32.1. The third-order valence-electron chi connectivity index (χ3n) is 1.39. The molecule has 0 fully saturated rings. The van der Waals surface area contributed by atoms with Gasteiger partial charge in [-0.3, -0.25) is 4.79 Å².